The van der Waals surface area contributed by atoms with Crippen molar-refractivity contribution in [3.05, 3.63) is 28.2 Å². The quantitative estimate of drug-likeness (QED) is 0.791. The minimum atomic E-state index is -0.729. The van der Waals surface area contributed by atoms with Crippen LogP contribution in [0.15, 0.2) is 22.7 Å². The van der Waals surface area contributed by atoms with Crippen LogP contribution < -0.4 is 5.32 Å². The molecule has 0 radical (unpaired) electrons. The average molecular weight is 306 g/mol. The summed E-state index contributed by atoms with van der Waals surface area (Å²) in [5.41, 5.74) is 0.844. The molecule has 0 aliphatic rings. The van der Waals surface area contributed by atoms with Gasteiger partial charge in [0.2, 0.25) is 0 Å². The summed E-state index contributed by atoms with van der Waals surface area (Å²) in [6.07, 6.45) is 0. The number of aromatic hydroxyl groups is 1. The van der Waals surface area contributed by atoms with Gasteiger partial charge >= 0.3 is 0 Å². The molecule has 90 valence electrons. The Bertz CT molecular complexity index is 371. The lowest BCUT2D eigenvalue weighted by Crippen LogP contribution is -2.20. The number of benzene rings is 1. The molecule has 0 amide bonds. The Balaban J connectivity index is 2.38. The topological polar surface area (TPSA) is 49.3 Å². The van der Waals surface area contributed by atoms with Crippen molar-refractivity contribution >= 4 is 26.7 Å². The number of nitrogens with one attached hydrogen (secondary N) is 1. The van der Waals surface area contributed by atoms with E-state index in [0.717, 1.165) is 5.56 Å². The first-order valence-corrected chi connectivity index (χ1v) is 7.45. The van der Waals surface area contributed by atoms with Crippen molar-refractivity contribution < 1.29 is 9.32 Å². The molecule has 1 unspecified atom stereocenters. The summed E-state index contributed by atoms with van der Waals surface area (Å²) in [6.45, 7) is 3.20. The minimum absolute atomic E-state index is 0.270. The molecule has 2 N–H and O–H groups in total. The van der Waals surface area contributed by atoms with Crippen molar-refractivity contribution in [2.75, 3.05) is 18.1 Å². The minimum Gasteiger partial charge on any atom is -0.506 e. The van der Waals surface area contributed by atoms with Crippen molar-refractivity contribution in [3.8, 4) is 5.75 Å². The monoisotopic (exact) mass is 305 g/mol. The van der Waals surface area contributed by atoms with Crippen LogP contribution in [0.2, 0.25) is 0 Å². The Morgan fingerprint density at radius 2 is 2.25 bits per heavy atom. The molecule has 0 aliphatic carbocycles. The van der Waals surface area contributed by atoms with E-state index in [9.17, 15) is 9.32 Å². The molecule has 1 aromatic rings. The maximum atomic E-state index is 11.2. The molecule has 1 aromatic carbocycles. The molecule has 16 heavy (non-hydrogen) atoms. The van der Waals surface area contributed by atoms with Crippen LogP contribution in [0.25, 0.3) is 0 Å². The van der Waals surface area contributed by atoms with E-state index < -0.39 is 10.8 Å². The highest BCUT2D eigenvalue weighted by Crippen LogP contribution is 2.26. The smallest absolute Gasteiger partial charge is 0.134 e. The number of halogens is 1. The summed E-state index contributed by atoms with van der Waals surface area (Å²) in [5, 5.41) is 12.9. The Morgan fingerprint density at radius 3 is 2.94 bits per heavy atom. The van der Waals surface area contributed by atoms with Crippen molar-refractivity contribution in [3.63, 3.8) is 0 Å². The van der Waals surface area contributed by atoms with Gasteiger partial charge in [-0.25, -0.2) is 0 Å². The Morgan fingerprint density at radius 1 is 1.50 bits per heavy atom. The molecular weight excluding hydrogens is 290 g/mol. The molecule has 0 aliphatic heterocycles. The van der Waals surface area contributed by atoms with E-state index in [2.05, 4.69) is 21.2 Å². The van der Waals surface area contributed by atoms with Gasteiger partial charge in [-0.1, -0.05) is 19.1 Å². The highest BCUT2D eigenvalue weighted by Gasteiger charge is 2.04. The third-order valence-corrected chi connectivity index (χ3v) is 4.16. The zero-order valence-electron chi connectivity index (χ0n) is 9.20. The van der Waals surface area contributed by atoms with Crippen LogP contribution in [-0.4, -0.2) is 27.4 Å². The van der Waals surface area contributed by atoms with Crippen LogP contribution in [0.1, 0.15) is 12.5 Å². The number of hydrogen-bond donors (Lipinski definition) is 2. The van der Waals surface area contributed by atoms with E-state index in [1.54, 1.807) is 6.07 Å². The zero-order valence-corrected chi connectivity index (χ0v) is 11.6. The van der Waals surface area contributed by atoms with Gasteiger partial charge in [0.05, 0.1) is 4.47 Å². The summed E-state index contributed by atoms with van der Waals surface area (Å²) in [7, 11) is -0.729. The summed E-state index contributed by atoms with van der Waals surface area (Å²) in [4.78, 5) is 0. The Kier molecular flexibility index (Phi) is 6.01. The molecule has 1 atom stereocenters. The van der Waals surface area contributed by atoms with Gasteiger partial charge in [0.15, 0.2) is 0 Å². The third-order valence-electron chi connectivity index (χ3n) is 2.21. The molecule has 0 fully saturated rings. The highest BCUT2D eigenvalue weighted by molar-refractivity contribution is 9.10. The summed E-state index contributed by atoms with van der Waals surface area (Å²) in [5.74, 6) is 1.63. The Labute approximate surface area is 107 Å². The van der Waals surface area contributed by atoms with Gasteiger partial charge in [-0.2, -0.15) is 0 Å². The van der Waals surface area contributed by atoms with Crippen molar-refractivity contribution in [2.45, 2.75) is 13.5 Å². The largest absolute Gasteiger partial charge is 0.506 e. The average Bonchev–Trinajstić information content (AvgIpc) is 2.29. The second-order valence-corrected chi connectivity index (χ2v) is 6.08. The second-order valence-electron chi connectivity index (χ2n) is 3.36. The molecule has 5 heteroatoms. The van der Waals surface area contributed by atoms with Gasteiger partial charge in [0.25, 0.3) is 0 Å². The Hall–Kier alpha value is -0.390. The SMILES string of the molecule is CCS(=O)CCNCc1cccc(Br)c1O. The normalized spacial score (nSPS) is 12.6. The fourth-order valence-electron chi connectivity index (χ4n) is 1.26. The number of phenolic OH excluding ortho intramolecular Hbond substituents is 1. The van der Waals surface area contributed by atoms with Gasteiger partial charge in [-0.05, 0) is 22.0 Å². The van der Waals surface area contributed by atoms with E-state index >= 15 is 0 Å². The molecular formula is C11H16BrNO2S. The number of rotatable bonds is 6. The molecule has 0 spiro atoms. The maximum Gasteiger partial charge on any atom is 0.134 e. The van der Waals surface area contributed by atoms with Crippen molar-refractivity contribution in [1.82, 2.24) is 5.32 Å². The molecule has 0 bridgehead atoms. The standard InChI is InChI=1S/C11H16BrNO2S/c1-2-16(15)7-6-13-8-9-4-3-5-10(12)11(9)14/h3-5,13-14H,2,6-8H2,1H3. The van der Waals surface area contributed by atoms with Gasteiger partial charge in [-0.3, -0.25) is 4.21 Å². The molecule has 1 rings (SSSR count). The van der Waals surface area contributed by atoms with Gasteiger partial charge < -0.3 is 10.4 Å². The first-order valence-electron chi connectivity index (χ1n) is 5.17. The van der Waals surface area contributed by atoms with Crippen LogP contribution in [0, 0.1) is 0 Å². The molecule has 3 nitrogen and oxygen atoms in total. The fraction of sp³-hybridized carbons (Fsp3) is 0.455. The number of hydrogen-bond acceptors (Lipinski definition) is 3. The predicted molar refractivity (Wildman–Crippen MR) is 71.1 cm³/mol. The molecule has 0 aromatic heterocycles. The molecule has 0 heterocycles. The van der Waals surface area contributed by atoms with E-state index in [0.29, 0.717) is 29.1 Å². The number of para-hydroxylation sites is 1. The fourth-order valence-corrected chi connectivity index (χ4v) is 2.32. The lowest BCUT2D eigenvalue weighted by atomic mass is 10.2. The van der Waals surface area contributed by atoms with E-state index in [1.165, 1.54) is 0 Å². The lowest BCUT2D eigenvalue weighted by molar-refractivity contribution is 0.462. The van der Waals surface area contributed by atoms with Gasteiger partial charge in [0.1, 0.15) is 5.75 Å². The zero-order chi connectivity index (χ0) is 12.0. The van der Waals surface area contributed by atoms with Crippen LogP contribution in [0.5, 0.6) is 5.75 Å². The van der Waals surface area contributed by atoms with Gasteiger partial charge in [-0.15, -0.1) is 0 Å². The number of phenols is 1. The third kappa shape index (κ3) is 4.23. The molecule has 0 saturated heterocycles. The first kappa shape index (κ1) is 13.7. The van der Waals surface area contributed by atoms with Crippen LogP contribution in [0.3, 0.4) is 0 Å². The van der Waals surface area contributed by atoms with E-state index in [4.69, 9.17) is 0 Å². The van der Waals surface area contributed by atoms with Crippen molar-refractivity contribution in [1.29, 1.82) is 0 Å². The van der Waals surface area contributed by atoms with Crippen LogP contribution >= 0.6 is 15.9 Å². The van der Waals surface area contributed by atoms with E-state index in [-0.39, 0.29) is 5.75 Å². The van der Waals surface area contributed by atoms with Gasteiger partial charge in [0, 0.05) is 41.0 Å². The lowest BCUT2D eigenvalue weighted by Gasteiger charge is -2.07. The highest BCUT2D eigenvalue weighted by atomic mass is 79.9. The maximum absolute atomic E-state index is 11.2. The van der Waals surface area contributed by atoms with E-state index in [1.807, 2.05) is 19.1 Å². The van der Waals surface area contributed by atoms with Crippen LogP contribution in [0.4, 0.5) is 0 Å². The first-order chi connectivity index (χ1) is 7.65. The second kappa shape index (κ2) is 7.04. The van der Waals surface area contributed by atoms with Crippen LogP contribution in [-0.2, 0) is 17.3 Å². The summed E-state index contributed by atoms with van der Waals surface area (Å²) < 4.78 is 11.9. The molecule has 0 saturated carbocycles. The summed E-state index contributed by atoms with van der Waals surface area (Å²) >= 11 is 3.26. The predicted octanol–water partition coefficient (Wildman–Crippen LogP) is 2.01. The summed E-state index contributed by atoms with van der Waals surface area (Å²) in [6, 6.07) is 5.54. The van der Waals surface area contributed by atoms with Crippen molar-refractivity contribution in [2.24, 2.45) is 0 Å².